The van der Waals surface area contributed by atoms with E-state index in [2.05, 4.69) is 4.74 Å². The Bertz CT molecular complexity index is 2140. The smallest absolute Gasteiger partial charge is 0.497 e. The molecule has 1 heterocycles. The van der Waals surface area contributed by atoms with Crippen molar-refractivity contribution in [3.05, 3.63) is 131 Å². The van der Waals surface area contributed by atoms with Crippen LogP contribution in [-0.2, 0) is 36.1 Å². The van der Waals surface area contributed by atoms with Crippen molar-refractivity contribution >= 4 is 27.2 Å². The van der Waals surface area contributed by atoms with Crippen molar-refractivity contribution in [2.45, 2.75) is 50.2 Å². The van der Waals surface area contributed by atoms with Gasteiger partial charge < -0.3 is 24.5 Å². The first kappa shape index (κ1) is 37.8. The summed E-state index contributed by atoms with van der Waals surface area (Å²) in [4.78, 5) is -0.336. The van der Waals surface area contributed by atoms with E-state index in [0.717, 1.165) is 18.5 Å². The van der Waals surface area contributed by atoms with Crippen LogP contribution in [0.1, 0.15) is 40.8 Å². The lowest BCUT2D eigenvalue weighted by atomic mass is 10.1. The van der Waals surface area contributed by atoms with Gasteiger partial charge in [-0.2, -0.15) is 4.31 Å². The van der Waals surface area contributed by atoms with Crippen LogP contribution in [0, 0.1) is 11.7 Å². The van der Waals surface area contributed by atoms with E-state index in [-0.39, 0.29) is 30.4 Å². The minimum Gasteiger partial charge on any atom is -0.497 e. The number of halogens is 4. The van der Waals surface area contributed by atoms with E-state index < -0.39 is 27.1 Å². The maximum absolute atomic E-state index is 16.1. The SMILES string of the molecule is COc1ccc(CN(Cc2ccc(OC)cc2)S(=O)(=O)c2ccc(Cn3c(-c4ccc(OC(F)(F)F)cc4)cc(C(N)=S)c3CC3CC3)cc2F)cc1. The van der Waals surface area contributed by atoms with E-state index in [1.165, 1.54) is 54.9 Å². The van der Waals surface area contributed by atoms with Gasteiger partial charge in [0.05, 0.1) is 14.2 Å². The molecular weight excluding hydrogens is 731 g/mol. The zero-order valence-electron chi connectivity index (χ0n) is 28.9. The van der Waals surface area contributed by atoms with E-state index in [0.29, 0.717) is 57.3 Å². The summed E-state index contributed by atoms with van der Waals surface area (Å²) in [5.41, 5.74) is 10.5. The largest absolute Gasteiger partial charge is 0.573 e. The topological polar surface area (TPSA) is 96.0 Å². The number of ether oxygens (including phenoxy) is 3. The molecule has 1 aliphatic carbocycles. The van der Waals surface area contributed by atoms with Crippen molar-refractivity contribution in [2.24, 2.45) is 11.7 Å². The summed E-state index contributed by atoms with van der Waals surface area (Å²) in [7, 11) is -1.31. The molecule has 0 atom stereocenters. The second-order valence-electron chi connectivity index (χ2n) is 12.8. The van der Waals surface area contributed by atoms with E-state index >= 15 is 4.39 Å². The number of hydrogen-bond donors (Lipinski definition) is 1. The van der Waals surface area contributed by atoms with Crippen LogP contribution in [0.2, 0.25) is 0 Å². The molecule has 6 rings (SSSR count). The fourth-order valence-electron chi connectivity index (χ4n) is 6.13. The van der Waals surface area contributed by atoms with Crippen LogP contribution in [0.25, 0.3) is 11.3 Å². The minimum atomic E-state index is -4.84. The van der Waals surface area contributed by atoms with E-state index in [1.807, 2.05) is 4.57 Å². The maximum atomic E-state index is 16.1. The summed E-state index contributed by atoms with van der Waals surface area (Å²) in [6.07, 6.45) is -2.16. The third-order valence-electron chi connectivity index (χ3n) is 9.03. The Morgan fingerprint density at radius 2 is 1.36 bits per heavy atom. The summed E-state index contributed by atoms with van der Waals surface area (Å²) in [6.45, 7) is 0.0379. The molecule has 0 aliphatic heterocycles. The predicted molar refractivity (Wildman–Crippen MR) is 197 cm³/mol. The van der Waals surface area contributed by atoms with Gasteiger partial charge in [0.1, 0.15) is 32.9 Å². The van der Waals surface area contributed by atoms with Crippen LogP contribution in [0.15, 0.2) is 102 Å². The van der Waals surface area contributed by atoms with Crippen molar-refractivity contribution in [2.75, 3.05) is 14.2 Å². The highest BCUT2D eigenvalue weighted by Gasteiger charge is 2.32. The zero-order valence-corrected chi connectivity index (χ0v) is 30.5. The monoisotopic (exact) mass is 767 g/mol. The van der Waals surface area contributed by atoms with Crippen LogP contribution in [-0.4, -0.2) is 42.9 Å². The van der Waals surface area contributed by atoms with Gasteiger partial charge in [-0.1, -0.05) is 42.5 Å². The number of alkyl halides is 3. The highest BCUT2D eigenvalue weighted by Crippen LogP contribution is 2.37. The molecule has 0 bridgehead atoms. The summed E-state index contributed by atoms with van der Waals surface area (Å²) in [6, 6.07) is 25.1. The molecule has 0 radical (unpaired) electrons. The average Bonchev–Trinajstić information content (AvgIpc) is 3.88. The molecule has 4 aromatic carbocycles. The molecule has 0 unspecified atom stereocenters. The second-order valence-corrected chi connectivity index (χ2v) is 15.1. The summed E-state index contributed by atoms with van der Waals surface area (Å²) >= 11 is 5.39. The lowest BCUT2D eigenvalue weighted by Crippen LogP contribution is -2.31. The van der Waals surface area contributed by atoms with Crippen molar-refractivity contribution < 1.29 is 40.2 Å². The number of aromatic nitrogens is 1. The van der Waals surface area contributed by atoms with Crippen LogP contribution < -0.4 is 19.9 Å². The first-order valence-electron chi connectivity index (χ1n) is 16.7. The molecule has 5 aromatic rings. The van der Waals surface area contributed by atoms with Gasteiger partial charge in [-0.05, 0) is 114 Å². The molecular formula is C39H37F4N3O5S2. The number of nitrogens with two attached hydrogens (primary N) is 1. The van der Waals surface area contributed by atoms with Gasteiger partial charge in [-0.25, -0.2) is 12.8 Å². The van der Waals surface area contributed by atoms with Gasteiger partial charge in [0.15, 0.2) is 0 Å². The normalized spacial score (nSPS) is 13.3. The Balaban J connectivity index is 1.34. The molecule has 1 fully saturated rings. The van der Waals surface area contributed by atoms with Gasteiger partial charge in [-0.3, -0.25) is 0 Å². The molecule has 0 saturated heterocycles. The third kappa shape index (κ3) is 9.18. The molecule has 8 nitrogen and oxygen atoms in total. The molecule has 53 heavy (non-hydrogen) atoms. The van der Waals surface area contributed by atoms with Crippen LogP contribution in [0.5, 0.6) is 17.2 Å². The molecule has 278 valence electrons. The number of benzene rings is 4. The Kier molecular flexibility index (Phi) is 11.1. The van der Waals surface area contributed by atoms with Crippen molar-refractivity contribution in [1.82, 2.24) is 8.87 Å². The molecule has 1 aromatic heterocycles. The highest BCUT2D eigenvalue weighted by atomic mass is 32.2. The Morgan fingerprint density at radius 1 is 0.830 bits per heavy atom. The predicted octanol–water partition coefficient (Wildman–Crippen LogP) is 8.24. The lowest BCUT2D eigenvalue weighted by Gasteiger charge is -2.23. The quantitative estimate of drug-likeness (QED) is 0.0848. The van der Waals surface area contributed by atoms with Gasteiger partial charge in [-0.15, -0.1) is 13.2 Å². The Labute approximate surface area is 310 Å². The zero-order chi connectivity index (χ0) is 37.9. The average molecular weight is 768 g/mol. The molecule has 1 aliphatic rings. The molecule has 1 saturated carbocycles. The van der Waals surface area contributed by atoms with Gasteiger partial charge in [0.25, 0.3) is 0 Å². The van der Waals surface area contributed by atoms with Crippen LogP contribution >= 0.6 is 12.2 Å². The summed E-state index contributed by atoms with van der Waals surface area (Å²) in [5.74, 6) is 0.313. The van der Waals surface area contributed by atoms with Crippen LogP contribution in [0.3, 0.4) is 0 Å². The fourth-order valence-corrected chi connectivity index (χ4v) is 7.77. The van der Waals surface area contributed by atoms with Crippen molar-refractivity contribution in [1.29, 1.82) is 0 Å². The fraction of sp³-hybridized carbons (Fsp3) is 0.256. The minimum absolute atomic E-state index is 0.0363. The van der Waals surface area contributed by atoms with Gasteiger partial charge >= 0.3 is 6.36 Å². The molecule has 14 heteroatoms. The van der Waals surface area contributed by atoms with E-state index in [9.17, 15) is 21.6 Å². The molecule has 0 amide bonds. The Hall–Kier alpha value is -4.92. The maximum Gasteiger partial charge on any atom is 0.573 e. The standard InChI is InChI=1S/C39H37F4N3O5S2/c1-49-30-12-5-26(6-13-30)22-45(23-27-7-14-31(50-2)15-8-27)53(47,48)37-18-9-28(19-34(37)40)24-46-35(21-33(38(44)52)36(46)20-25-3-4-25)29-10-16-32(17-11-29)51-39(41,42)43/h5-19,21,25H,3-4,20,22-24H2,1-2H3,(H2,44,52). The Morgan fingerprint density at radius 3 is 1.83 bits per heavy atom. The van der Waals surface area contributed by atoms with Crippen molar-refractivity contribution in [3.8, 4) is 28.5 Å². The lowest BCUT2D eigenvalue weighted by molar-refractivity contribution is -0.274. The number of thiocarbonyl (C=S) groups is 1. The summed E-state index contributed by atoms with van der Waals surface area (Å²) in [5, 5.41) is 0. The van der Waals surface area contributed by atoms with Crippen LogP contribution in [0.4, 0.5) is 17.6 Å². The van der Waals surface area contributed by atoms with E-state index in [4.69, 9.17) is 27.4 Å². The first-order chi connectivity index (χ1) is 25.2. The number of nitrogens with zero attached hydrogens (tertiary/aromatic N) is 2. The molecule has 2 N–H and O–H groups in total. The number of hydrogen-bond acceptors (Lipinski definition) is 6. The first-order valence-corrected chi connectivity index (χ1v) is 18.5. The van der Waals surface area contributed by atoms with Gasteiger partial charge in [0, 0.05) is 36.6 Å². The van der Waals surface area contributed by atoms with Crippen molar-refractivity contribution in [3.63, 3.8) is 0 Å². The third-order valence-corrected chi connectivity index (χ3v) is 11.1. The second kappa shape index (κ2) is 15.6. The highest BCUT2D eigenvalue weighted by molar-refractivity contribution is 7.89. The number of sulfonamides is 1. The number of rotatable bonds is 15. The van der Waals surface area contributed by atoms with E-state index in [1.54, 1.807) is 60.7 Å². The summed E-state index contributed by atoms with van der Waals surface area (Å²) < 4.78 is 101. The number of methoxy groups -OCH3 is 2. The molecule has 0 spiro atoms. The van der Waals surface area contributed by atoms with Gasteiger partial charge in [0.2, 0.25) is 10.0 Å².